The summed E-state index contributed by atoms with van der Waals surface area (Å²) >= 11 is 3.54. The molecule has 2 rings (SSSR count). The molecule has 2 atom stereocenters. The van der Waals surface area contributed by atoms with Crippen LogP contribution in [0.1, 0.15) is 36.0 Å². The normalized spacial score (nSPS) is 23.1. The van der Waals surface area contributed by atoms with Crippen molar-refractivity contribution in [2.45, 2.75) is 25.7 Å². The molecule has 0 spiro atoms. The van der Waals surface area contributed by atoms with Gasteiger partial charge in [0.05, 0.1) is 5.56 Å². The van der Waals surface area contributed by atoms with Crippen molar-refractivity contribution in [1.29, 1.82) is 0 Å². The van der Waals surface area contributed by atoms with Gasteiger partial charge in [-0.25, -0.2) is 4.39 Å². The minimum Gasteiger partial charge on any atom is -0.352 e. The average Bonchev–Trinajstić information content (AvgIpc) is 2.45. The SMILES string of the molecule is O=C(NCC1CCCCC1CBr)c1ccccc1F. The molecule has 1 aliphatic rings. The van der Waals surface area contributed by atoms with E-state index in [1.165, 1.54) is 31.4 Å². The highest BCUT2D eigenvalue weighted by molar-refractivity contribution is 9.09. The van der Waals surface area contributed by atoms with Crippen molar-refractivity contribution >= 4 is 21.8 Å². The predicted molar refractivity (Wildman–Crippen MR) is 78.0 cm³/mol. The number of benzene rings is 1. The molecule has 1 fully saturated rings. The maximum Gasteiger partial charge on any atom is 0.254 e. The zero-order valence-electron chi connectivity index (χ0n) is 10.9. The highest BCUT2D eigenvalue weighted by Crippen LogP contribution is 2.30. The lowest BCUT2D eigenvalue weighted by molar-refractivity contribution is 0.0933. The van der Waals surface area contributed by atoms with Crippen LogP contribution in [-0.2, 0) is 0 Å². The smallest absolute Gasteiger partial charge is 0.254 e. The topological polar surface area (TPSA) is 29.1 Å². The van der Waals surface area contributed by atoms with Gasteiger partial charge in [-0.1, -0.05) is 40.9 Å². The van der Waals surface area contributed by atoms with E-state index in [1.807, 2.05) is 0 Å². The van der Waals surface area contributed by atoms with Crippen LogP contribution >= 0.6 is 15.9 Å². The molecule has 0 saturated heterocycles. The third-order valence-corrected chi connectivity index (χ3v) is 4.74. The Labute approximate surface area is 121 Å². The van der Waals surface area contributed by atoms with Crippen LogP contribution in [0.5, 0.6) is 0 Å². The molecule has 104 valence electrons. The molecule has 2 unspecified atom stereocenters. The van der Waals surface area contributed by atoms with Crippen molar-refractivity contribution in [3.63, 3.8) is 0 Å². The second-order valence-electron chi connectivity index (χ2n) is 5.15. The first-order chi connectivity index (χ1) is 9.22. The van der Waals surface area contributed by atoms with Crippen LogP contribution in [0.15, 0.2) is 24.3 Å². The monoisotopic (exact) mass is 327 g/mol. The molecule has 0 aliphatic heterocycles. The number of nitrogens with one attached hydrogen (secondary N) is 1. The molecule has 1 amide bonds. The van der Waals surface area contributed by atoms with Gasteiger partial charge in [0.25, 0.3) is 5.91 Å². The largest absolute Gasteiger partial charge is 0.352 e. The van der Waals surface area contributed by atoms with Crippen molar-refractivity contribution < 1.29 is 9.18 Å². The fraction of sp³-hybridized carbons (Fsp3) is 0.533. The molecule has 1 aromatic rings. The number of hydrogen-bond acceptors (Lipinski definition) is 1. The number of carbonyl (C=O) groups is 1. The second kappa shape index (κ2) is 7.04. The van der Waals surface area contributed by atoms with E-state index < -0.39 is 5.82 Å². The molecular weight excluding hydrogens is 309 g/mol. The third kappa shape index (κ3) is 3.78. The van der Waals surface area contributed by atoms with Gasteiger partial charge in [0, 0.05) is 11.9 Å². The van der Waals surface area contributed by atoms with Crippen molar-refractivity contribution in [2.75, 3.05) is 11.9 Å². The van der Waals surface area contributed by atoms with Gasteiger partial charge in [0.1, 0.15) is 5.82 Å². The zero-order chi connectivity index (χ0) is 13.7. The van der Waals surface area contributed by atoms with Crippen LogP contribution in [-0.4, -0.2) is 17.8 Å². The van der Waals surface area contributed by atoms with E-state index in [-0.39, 0.29) is 11.5 Å². The minimum absolute atomic E-state index is 0.133. The lowest BCUT2D eigenvalue weighted by atomic mass is 9.80. The molecule has 0 heterocycles. The Morgan fingerprint density at radius 1 is 1.26 bits per heavy atom. The van der Waals surface area contributed by atoms with Gasteiger partial charge in [-0.2, -0.15) is 0 Å². The fourth-order valence-corrected chi connectivity index (χ4v) is 3.57. The lowest BCUT2D eigenvalue weighted by Gasteiger charge is -2.30. The summed E-state index contributed by atoms with van der Waals surface area (Å²) in [6.45, 7) is 0.642. The Morgan fingerprint density at radius 2 is 1.95 bits per heavy atom. The van der Waals surface area contributed by atoms with Crippen LogP contribution in [0.4, 0.5) is 4.39 Å². The summed E-state index contributed by atoms with van der Waals surface area (Å²) in [5.41, 5.74) is 0.133. The van der Waals surface area contributed by atoms with Gasteiger partial charge < -0.3 is 5.32 Å². The van der Waals surface area contributed by atoms with Crippen LogP contribution in [0.3, 0.4) is 0 Å². The fourth-order valence-electron chi connectivity index (χ4n) is 2.72. The molecule has 1 aromatic carbocycles. The molecule has 2 nitrogen and oxygen atoms in total. The van der Waals surface area contributed by atoms with Crippen molar-refractivity contribution in [2.24, 2.45) is 11.8 Å². The second-order valence-corrected chi connectivity index (χ2v) is 5.80. The molecule has 19 heavy (non-hydrogen) atoms. The summed E-state index contributed by atoms with van der Waals surface area (Å²) < 4.78 is 13.5. The van der Waals surface area contributed by atoms with Crippen LogP contribution in [0.25, 0.3) is 0 Å². The summed E-state index contributed by atoms with van der Waals surface area (Å²) in [6.07, 6.45) is 4.86. The molecule has 0 aromatic heterocycles. The van der Waals surface area contributed by atoms with Gasteiger partial charge in [0.2, 0.25) is 0 Å². The standard InChI is InChI=1S/C15H19BrFNO/c16-9-11-5-1-2-6-12(11)10-18-15(19)13-7-3-4-8-14(13)17/h3-4,7-8,11-12H,1-2,5-6,9-10H2,(H,18,19). The maximum absolute atomic E-state index is 13.5. The quantitative estimate of drug-likeness (QED) is 0.838. The van der Waals surface area contributed by atoms with Crippen LogP contribution < -0.4 is 5.32 Å². The number of alkyl halides is 1. The van der Waals surface area contributed by atoms with E-state index in [1.54, 1.807) is 12.1 Å². The predicted octanol–water partition coefficient (Wildman–Crippen LogP) is 3.76. The highest BCUT2D eigenvalue weighted by atomic mass is 79.9. The lowest BCUT2D eigenvalue weighted by Crippen LogP contribution is -2.35. The van der Waals surface area contributed by atoms with E-state index in [9.17, 15) is 9.18 Å². The van der Waals surface area contributed by atoms with Crippen molar-refractivity contribution in [1.82, 2.24) is 5.32 Å². The van der Waals surface area contributed by atoms with Gasteiger partial charge in [-0.15, -0.1) is 0 Å². The summed E-state index contributed by atoms with van der Waals surface area (Å²) in [4.78, 5) is 11.9. The van der Waals surface area contributed by atoms with Gasteiger partial charge in [-0.3, -0.25) is 4.79 Å². The van der Waals surface area contributed by atoms with Crippen molar-refractivity contribution in [3.05, 3.63) is 35.6 Å². The summed E-state index contributed by atoms with van der Waals surface area (Å²) in [5.74, 6) is 0.358. The van der Waals surface area contributed by atoms with Crippen molar-refractivity contribution in [3.8, 4) is 0 Å². The Hall–Kier alpha value is -0.900. The van der Waals surface area contributed by atoms with E-state index in [2.05, 4.69) is 21.2 Å². The minimum atomic E-state index is -0.458. The number of carbonyl (C=O) groups excluding carboxylic acids is 1. The summed E-state index contributed by atoms with van der Waals surface area (Å²) in [6, 6.07) is 6.11. The van der Waals surface area contributed by atoms with Gasteiger partial charge in [0.15, 0.2) is 0 Å². The summed E-state index contributed by atoms with van der Waals surface area (Å²) in [7, 11) is 0. The Bertz CT molecular complexity index is 438. The molecule has 1 aliphatic carbocycles. The van der Waals surface area contributed by atoms with E-state index in [0.29, 0.717) is 18.4 Å². The number of amides is 1. The van der Waals surface area contributed by atoms with E-state index >= 15 is 0 Å². The molecule has 0 bridgehead atoms. The molecule has 4 heteroatoms. The number of rotatable bonds is 4. The molecule has 0 radical (unpaired) electrons. The first kappa shape index (κ1) is 14.5. The first-order valence-corrected chi connectivity index (χ1v) is 7.93. The first-order valence-electron chi connectivity index (χ1n) is 6.81. The number of halogens is 2. The van der Waals surface area contributed by atoms with Crippen LogP contribution in [0.2, 0.25) is 0 Å². The third-order valence-electron chi connectivity index (χ3n) is 3.91. The zero-order valence-corrected chi connectivity index (χ0v) is 12.5. The Morgan fingerprint density at radius 3 is 2.63 bits per heavy atom. The van der Waals surface area contributed by atoms with Crippen LogP contribution in [0, 0.1) is 17.7 Å². The van der Waals surface area contributed by atoms with E-state index in [4.69, 9.17) is 0 Å². The maximum atomic E-state index is 13.5. The van der Waals surface area contributed by atoms with Gasteiger partial charge >= 0.3 is 0 Å². The molecule has 1 saturated carbocycles. The highest BCUT2D eigenvalue weighted by Gasteiger charge is 2.24. The molecule has 1 N–H and O–H groups in total. The Kier molecular flexibility index (Phi) is 5.37. The molecular formula is C15H19BrFNO. The number of hydrogen-bond donors (Lipinski definition) is 1. The average molecular weight is 328 g/mol. The Balaban J connectivity index is 1.91. The van der Waals surface area contributed by atoms with Gasteiger partial charge in [-0.05, 0) is 36.8 Å². The summed E-state index contributed by atoms with van der Waals surface area (Å²) in [5, 5.41) is 3.85. The van der Waals surface area contributed by atoms with E-state index in [0.717, 1.165) is 11.8 Å².